The fraction of sp³-hybridized carbons (Fsp3) is 0.231. The van der Waals surface area contributed by atoms with Gasteiger partial charge >= 0.3 is 0 Å². The van der Waals surface area contributed by atoms with E-state index in [2.05, 4.69) is 10.3 Å². The molecule has 1 fully saturated rings. The Balaban J connectivity index is 1.54. The molecule has 1 aromatic heterocycles. The second-order valence-electron chi connectivity index (χ2n) is 8.38. The van der Waals surface area contributed by atoms with Crippen molar-refractivity contribution in [3.63, 3.8) is 0 Å². The molecule has 0 bridgehead atoms. The van der Waals surface area contributed by atoms with Crippen LogP contribution in [-0.4, -0.2) is 46.8 Å². The molecular weight excluding hydrogens is 457 g/mol. The number of benzene rings is 2. The number of fused-ring (bicyclic) bond motifs is 1. The lowest BCUT2D eigenvalue weighted by atomic mass is 10.00. The van der Waals surface area contributed by atoms with E-state index in [1.165, 1.54) is 24.4 Å². The van der Waals surface area contributed by atoms with Crippen LogP contribution in [0.5, 0.6) is 0 Å². The maximum Gasteiger partial charge on any atom is 0.268 e. The van der Waals surface area contributed by atoms with Crippen molar-refractivity contribution >= 4 is 34.4 Å². The van der Waals surface area contributed by atoms with Crippen molar-refractivity contribution in [3.8, 4) is 6.07 Å². The number of halogens is 3. The molecule has 4 rings (SSSR count). The first-order valence-corrected chi connectivity index (χ1v) is 10.8. The van der Waals surface area contributed by atoms with Gasteiger partial charge < -0.3 is 10.2 Å². The van der Waals surface area contributed by atoms with Crippen LogP contribution in [0.1, 0.15) is 34.8 Å². The highest BCUT2D eigenvalue weighted by Crippen LogP contribution is 2.31. The van der Waals surface area contributed by atoms with Crippen molar-refractivity contribution in [2.45, 2.75) is 25.3 Å². The molecule has 2 amide bonds. The SMILES string of the molecule is C/C(=C\c1ccc(F)cc1)c1ccc2nccc(C(=O)NCC(=O)N3CC(F)(F)CC3C#N)c2c1. The van der Waals surface area contributed by atoms with Gasteiger partial charge in [0.15, 0.2) is 0 Å². The third-order valence-corrected chi connectivity index (χ3v) is 5.83. The molecule has 1 saturated heterocycles. The zero-order valence-corrected chi connectivity index (χ0v) is 18.8. The Labute approximate surface area is 199 Å². The maximum absolute atomic E-state index is 13.6. The molecule has 1 aliphatic rings. The van der Waals surface area contributed by atoms with Crippen molar-refractivity contribution in [1.82, 2.24) is 15.2 Å². The van der Waals surface area contributed by atoms with Crippen molar-refractivity contribution in [3.05, 3.63) is 77.2 Å². The van der Waals surface area contributed by atoms with Crippen LogP contribution in [0.25, 0.3) is 22.6 Å². The monoisotopic (exact) mass is 478 g/mol. The molecule has 0 radical (unpaired) electrons. The van der Waals surface area contributed by atoms with Crippen LogP contribution in [0.4, 0.5) is 13.2 Å². The van der Waals surface area contributed by atoms with Gasteiger partial charge in [0.1, 0.15) is 11.9 Å². The summed E-state index contributed by atoms with van der Waals surface area (Å²) in [6, 6.07) is 13.5. The number of pyridine rings is 1. The van der Waals surface area contributed by atoms with Crippen molar-refractivity contribution in [2.75, 3.05) is 13.1 Å². The zero-order chi connectivity index (χ0) is 25.2. The second-order valence-corrected chi connectivity index (χ2v) is 8.38. The summed E-state index contributed by atoms with van der Waals surface area (Å²) in [6.45, 7) is 0.526. The number of rotatable bonds is 5. The van der Waals surface area contributed by atoms with E-state index in [4.69, 9.17) is 5.26 Å². The maximum atomic E-state index is 13.6. The predicted molar refractivity (Wildman–Crippen MR) is 125 cm³/mol. The second kappa shape index (κ2) is 9.58. The summed E-state index contributed by atoms with van der Waals surface area (Å²) in [4.78, 5) is 30.4. The molecule has 2 heterocycles. The lowest BCUT2D eigenvalue weighted by Crippen LogP contribution is -2.43. The molecule has 9 heteroatoms. The van der Waals surface area contributed by atoms with Gasteiger partial charge in [0.2, 0.25) is 5.91 Å². The number of carbonyl (C=O) groups excluding carboxylic acids is 2. The summed E-state index contributed by atoms with van der Waals surface area (Å²) in [5.74, 6) is -4.77. The molecule has 1 N–H and O–H groups in total. The number of allylic oxidation sites excluding steroid dienone is 1. The fourth-order valence-electron chi connectivity index (χ4n) is 4.03. The highest BCUT2D eigenvalue weighted by Gasteiger charge is 2.47. The number of nitrogens with one attached hydrogen (secondary N) is 1. The third kappa shape index (κ3) is 5.32. The quantitative estimate of drug-likeness (QED) is 0.550. The van der Waals surface area contributed by atoms with E-state index in [1.807, 2.05) is 19.1 Å². The summed E-state index contributed by atoms with van der Waals surface area (Å²) in [7, 11) is 0. The molecular formula is C26H21F3N4O2. The van der Waals surface area contributed by atoms with E-state index in [9.17, 15) is 22.8 Å². The van der Waals surface area contributed by atoms with Gasteiger partial charge in [-0.2, -0.15) is 5.26 Å². The number of hydrogen-bond donors (Lipinski definition) is 1. The predicted octanol–water partition coefficient (Wildman–Crippen LogP) is 4.42. The average molecular weight is 478 g/mol. The fourth-order valence-corrected chi connectivity index (χ4v) is 4.03. The minimum Gasteiger partial charge on any atom is -0.343 e. The summed E-state index contributed by atoms with van der Waals surface area (Å²) in [5, 5.41) is 12.1. The molecule has 1 atom stereocenters. The normalized spacial score (nSPS) is 17.3. The summed E-state index contributed by atoms with van der Waals surface area (Å²) in [5.41, 5.74) is 3.33. The van der Waals surface area contributed by atoms with Gasteiger partial charge in [0.05, 0.1) is 30.2 Å². The molecule has 1 unspecified atom stereocenters. The summed E-state index contributed by atoms with van der Waals surface area (Å²) in [6.07, 6.45) is 2.63. The zero-order valence-electron chi connectivity index (χ0n) is 18.8. The van der Waals surface area contributed by atoms with Crippen molar-refractivity contribution in [2.24, 2.45) is 0 Å². The number of aromatic nitrogens is 1. The molecule has 3 aromatic rings. The number of nitrogens with zero attached hydrogens (tertiary/aromatic N) is 3. The first-order valence-electron chi connectivity index (χ1n) is 10.8. The largest absolute Gasteiger partial charge is 0.343 e. The average Bonchev–Trinajstić information content (AvgIpc) is 3.17. The minimum absolute atomic E-state index is 0.266. The molecule has 2 aromatic carbocycles. The van der Waals surface area contributed by atoms with Gasteiger partial charge in [0, 0.05) is 18.0 Å². The molecule has 178 valence electrons. The lowest BCUT2D eigenvalue weighted by molar-refractivity contribution is -0.131. The number of hydrogen-bond acceptors (Lipinski definition) is 4. The highest BCUT2D eigenvalue weighted by molar-refractivity contribution is 6.07. The van der Waals surface area contributed by atoms with Crippen LogP contribution < -0.4 is 5.32 Å². The number of likely N-dealkylation sites (tertiary alicyclic amines) is 1. The van der Waals surface area contributed by atoms with Gasteiger partial charge in [-0.05, 0) is 54.0 Å². The molecule has 0 aliphatic carbocycles. The Morgan fingerprint density at radius 1 is 1.23 bits per heavy atom. The number of alkyl halides is 2. The first-order chi connectivity index (χ1) is 16.7. The minimum atomic E-state index is -3.13. The molecule has 35 heavy (non-hydrogen) atoms. The van der Waals surface area contributed by atoms with Gasteiger partial charge in [-0.25, -0.2) is 13.2 Å². The van der Waals surface area contributed by atoms with Crippen LogP contribution in [0, 0.1) is 17.1 Å². The molecule has 6 nitrogen and oxygen atoms in total. The number of nitriles is 1. The number of amides is 2. The van der Waals surface area contributed by atoms with E-state index in [0.717, 1.165) is 21.6 Å². The topological polar surface area (TPSA) is 86.1 Å². The molecule has 1 aliphatic heterocycles. The van der Waals surface area contributed by atoms with Gasteiger partial charge in [-0.3, -0.25) is 14.6 Å². The van der Waals surface area contributed by atoms with E-state index in [-0.39, 0.29) is 11.4 Å². The molecule has 0 saturated carbocycles. The van der Waals surface area contributed by atoms with E-state index >= 15 is 0 Å². The van der Waals surface area contributed by atoms with Crippen LogP contribution >= 0.6 is 0 Å². The summed E-state index contributed by atoms with van der Waals surface area (Å²) < 4.78 is 40.4. The van der Waals surface area contributed by atoms with Crippen LogP contribution in [0.3, 0.4) is 0 Å². The van der Waals surface area contributed by atoms with Crippen LogP contribution in [0.2, 0.25) is 0 Å². The van der Waals surface area contributed by atoms with E-state index < -0.39 is 43.3 Å². The standard InChI is InChI=1S/C26H21F3N4O2/c1-16(10-17-2-5-19(27)6-3-17)18-4-7-23-22(11-18)21(8-9-31-23)25(35)32-14-24(34)33-15-26(28,29)12-20(33)13-30/h2-11,20H,12,14-15H2,1H3,(H,32,35)/b16-10+. The van der Waals surface area contributed by atoms with Crippen LogP contribution in [-0.2, 0) is 4.79 Å². The lowest BCUT2D eigenvalue weighted by Gasteiger charge is -2.19. The number of carbonyl (C=O) groups is 2. The Kier molecular flexibility index (Phi) is 6.56. The van der Waals surface area contributed by atoms with Crippen molar-refractivity contribution in [1.29, 1.82) is 5.26 Å². The van der Waals surface area contributed by atoms with Gasteiger partial charge in [0.25, 0.3) is 11.8 Å². The van der Waals surface area contributed by atoms with E-state index in [0.29, 0.717) is 10.9 Å². The third-order valence-electron chi connectivity index (χ3n) is 5.83. The van der Waals surface area contributed by atoms with Gasteiger partial charge in [-0.15, -0.1) is 0 Å². The van der Waals surface area contributed by atoms with Crippen LogP contribution in [0.15, 0.2) is 54.7 Å². The Hall–Kier alpha value is -4.19. The van der Waals surface area contributed by atoms with Gasteiger partial charge in [-0.1, -0.05) is 24.3 Å². The Bertz CT molecular complexity index is 1360. The smallest absolute Gasteiger partial charge is 0.268 e. The summed E-state index contributed by atoms with van der Waals surface area (Å²) >= 11 is 0. The van der Waals surface area contributed by atoms with Crippen molar-refractivity contribution < 1.29 is 22.8 Å². The first kappa shape index (κ1) is 24.0. The molecule has 0 spiro atoms. The Morgan fingerprint density at radius 3 is 2.69 bits per heavy atom. The highest BCUT2D eigenvalue weighted by atomic mass is 19.3. The van der Waals surface area contributed by atoms with E-state index in [1.54, 1.807) is 30.3 Å². The Morgan fingerprint density at radius 2 is 1.97 bits per heavy atom.